The molecule has 0 fully saturated rings. The van der Waals surface area contributed by atoms with Gasteiger partial charge in [0, 0.05) is 11.3 Å². The SMILES string of the molecule is COC(=O)c1ccc(NC(=O)C(CC(C)C)NC(=O)c2ccccc2C)cc1. The molecule has 6 heteroatoms. The first-order chi connectivity index (χ1) is 13.3. The number of carbonyl (C=O) groups excluding carboxylic acids is 3. The van der Waals surface area contributed by atoms with E-state index in [1.807, 2.05) is 32.9 Å². The lowest BCUT2D eigenvalue weighted by Gasteiger charge is -2.21. The van der Waals surface area contributed by atoms with Crippen molar-refractivity contribution in [2.45, 2.75) is 33.2 Å². The van der Waals surface area contributed by atoms with E-state index in [1.54, 1.807) is 36.4 Å². The zero-order chi connectivity index (χ0) is 20.7. The second kappa shape index (κ2) is 9.69. The highest BCUT2D eigenvalue weighted by atomic mass is 16.5. The van der Waals surface area contributed by atoms with Crippen LogP contribution in [0.1, 0.15) is 46.5 Å². The largest absolute Gasteiger partial charge is 0.465 e. The molecule has 6 nitrogen and oxygen atoms in total. The zero-order valence-electron chi connectivity index (χ0n) is 16.6. The summed E-state index contributed by atoms with van der Waals surface area (Å²) in [5.41, 5.74) is 2.33. The van der Waals surface area contributed by atoms with E-state index in [4.69, 9.17) is 0 Å². The van der Waals surface area contributed by atoms with E-state index in [1.165, 1.54) is 7.11 Å². The third-order valence-corrected chi connectivity index (χ3v) is 4.29. The summed E-state index contributed by atoms with van der Waals surface area (Å²) >= 11 is 0. The molecule has 1 atom stereocenters. The first kappa shape index (κ1) is 21.2. The Morgan fingerprint density at radius 1 is 1.00 bits per heavy atom. The second-order valence-electron chi connectivity index (χ2n) is 7.03. The molecule has 0 radical (unpaired) electrons. The molecule has 148 valence electrons. The molecule has 0 bridgehead atoms. The molecule has 1 unspecified atom stereocenters. The Morgan fingerprint density at radius 3 is 2.21 bits per heavy atom. The quantitative estimate of drug-likeness (QED) is 0.717. The van der Waals surface area contributed by atoms with Crippen molar-refractivity contribution < 1.29 is 19.1 Å². The Hall–Kier alpha value is -3.15. The smallest absolute Gasteiger partial charge is 0.337 e. The number of benzene rings is 2. The normalized spacial score (nSPS) is 11.6. The van der Waals surface area contributed by atoms with Gasteiger partial charge in [0.15, 0.2) is 0 Å². The van der Waals surface area contributed by atoms with Gasteiger partial charge in [-0.3, -0.25) is 9.59 Å². The first-order valence-electron chi connectivity index (χ1n) is 9.17. The molecule has 0 aliphatic carbocycles. The molecule has 2 N–H and O–H groups in total. The summed E-state index contributed by atoms with van der Waals surface area (Å²) in [5, 5.41) is 5.64. The molecule has 0 aliphatic rings. The van der Waals surface area contributed by atoms with Crippen LogP contribution in [0.5, 0.6) is 0 Å². The van der Waals surface area contributed by atoms with E-state index in [9.17, 15) is 14.4 Å². The Morgan fingerprint density at radius 2 is 1.64 bits per heavy atom. The lowest BCUT2D eigenvalue weighted by molar-refractivity contribution is -0.118. The summed E-state index contributed by atoms with van der Waals surface area (Å²) < 4.78 is 4.66. The van der Waals surface area contributed by atoms with Gasteiger partial charge in [-0.05, 0) is 55.2 Å². The van der Waals surface area contributed by atoms with Gasteiger partial charge in [-0.25, -0.2) is 4.79 Å². The number of hydrogen-bond donors (Lipinski definition) is 2. The van der Waals surface area contributed by atoms with Crippen LogP contribution in [0.2, 0.25) is 0 Å². The number of esters is 1. The molecular formula is C22H26N2O4. The Balaban J connectivity index is 2.11. The monoisotopic (exact) mass is 382 g/mol. The van der Waals surface area contributed by atoms with Crippen molar-refractivity contribution in [3.05, 3.63) is 65.2 Å². The number of rotatable bonds is 7. The lowest BCUT2D eigenvalue weighted by Crippen LogP contribution is -2.44. The Labute approximate surface area is 165 Å². The summed E-state index contributed by atoms with van der Waals surface area (Å²) in [6.45, 7) is 5.84. The molecule has 28 heavy (non-hydrogen) atoms. The lowest BCUT2D eigenvalue weighted by atomic mass is 10.0. The molecule has 2 amide bonds. The highest BCUT2D eigenvalue weighted by Gasteiger charge is 2.23. The number of ether oxygens (including phenoxy) is 1. The number of aryl methyl sites for hydroxylation is 1. The molecule has 2 aromatic rings. The molecule has 2 rings (SSSR count). The van der Waals surface area contributed by atoms with E-state index >= 15 is 0 Å². The summed E-state index contributed by atoms with van der Waals surface area (Å²) in [7, 11) is 1.31. The maximum Gasteiger partial charge on any atom is 0.337 e. The van der Waals surface area contributed by atoms with Crippen LogP contribution in [0.4, 0.5) is 5.69 Å². The van der Waals surface area contributed by atoms with E-state index in [-0.39, 0.29) is 17.7 Å². The van der Waals surface area contributed by atoms with Gasteiger partial charge in [0.05, 0.1) is 12.7 Å². The summed E-state index contributed by atoms with van der Waals surface area (Å²) in [4.78, 5) is 36.9. The van der Waals surface area contributed by atoms with Crippen LogP contribution in [0.15, 0.2) is 48.5 Å². The summed E-state index contributed by atoms with van der Waals surface area (Å²) in [6.07, 6.45) is 0.504. The third-order valence-electron chi connectivity index (χ3n) is 4.29. The number of nitrogens with one attached hydrogen (secondary N) is 2. The number of anilines is 1. The maximum atomic E-state index is 12.8. The number of amides is 2. The van der Waals surface area contributed by atoms with E-state index in [2.05, 4.69) is 15.4 Å². The van der Waals surface area contributed by atoms with Gasteiger partial charge in [0.2, 0.25) is 5.91 Å². The minimum absolute atomic E-state index is 0.217. The van der Waals surface area contributed by atoms with Crippen molar-refractivity contribution in [2.24, 2.45) is 5.92 Å². The highest BCUT2D eigenvalue weighted by Crippen LogP contribution is 2.14. The molecule has 0 spiro atoms. The van der Waals surface area contributed by atoms with Crippen molar-refractivity contribution in [1.82, 2.24) is 5.32 Å². The summed E-state index contributed by atoms with van der Waals surface area (Å²) in [6, 6.07) is 13.0. The van der Waals surface area contributed by atoms with Crippen molar-refractivity contribution in [1.29, 1.82) is 0 Å². The van der Waals surface area contributed by atoms with E-state index in [0.717, 1.165) is 5.56 Å². The molecule has 0 saturated carbocycles. The first-order valence-corrected chi connectivity index (χ1v) is 9.17. The molecule has 0 heterocycles. The molecule has 0 saturated heterocycles. The van der Waals surface area contributed by atoms with Crippen LogP contribution in [0.3, 0.4) is 0 Å². The maximum absolute atomic E-state index is 12.8. The van der Waals surface area contributed by atoms with Crippen LogP contribution in [0.25, 0.3) is 0 Å². The van der Waals surface area contributed by atoms with Gasteiger partial charge in [0.1, 0.15) is 6.04 Å². The molecule has 0 aromatic heterocycles. The van der Waals surface area contributed by atoms with E-state index < -0.39 is 12.0 Å². The minimum atomic E-state index is -0.674. The minimum Gasteiger partial charge on any atom is -0.465 e. The molecule has 0 aliphatic heterocycles. The van der Waals surface area contributed by atoms with Crippen LogP contribution in [-0.4, -0.2) is 30.9 Å². The van der Waals surface area contributed by atoms with Crippen molar-refractivity contribution in [2.75, 3.05) is 12.4 Å². The third kappa shape index (κ3) is 5.67. The standard InChI is InChI=1S/C22H26N2O4/c1-14(2)13-19(24-20(25)18-8-6-5-7-15(18)3)21(26)23-17-11-9-16(10-12-17)22(27)28-4/h5-12,14,19H,13H2,1-4H3,(H,23,26)(H,24,25). The number of carbonyl (C=O) groups is 3. The van der Waals surface area contributed by atoms with Gasteiger partial charge in [-0.2, -0.15) is 0 Å². The molecular weight excluding hydrogens is 356 g/mol. The number of methoxy groups -OCH3 is 1. The average Bonchev–Trinajstić information content (AvgIpc) is 2.67. The fourth-order valence-electron chi connectivity index (χ4n) is 2.80. The van der Waals surface area contributed by atoms with Crippen molar-refractivity contribution in [3.8, 4) is 0 Å². The van der Waals surface area contributed by atoms with Gasteiger partial charge >= 0.3 is 5.97 Å². The Kier molecular flexibility index (Phi) is 7.32. The van der Waals surface area contributed by atoms with Gasteiger partial charge in [0.25, 0.3) is 5.91 Å². The van der Waals surface area contributed by atoms with Gasteiger partial charge < -0.3 is 15.4 Å². The second-order valence-corrected chi connectivity index (χ2v) is 7.03. The highest BCUT2D eigenvalue weighted by molar-refractivity contribution is 6.02. The van der Waals surface area contributed by atoms with Crippen molar-refractivity contribution >= 4 is 23.5 Å². The zero-order valence-corrected chi connectivity index (χ0v) is 16.6. The summed E-state index contributed by atoms with van der Waals surface area (Å²) in [5.74, 6) is -0.808. The molecule has 2 aromatic carbocycles. The van der Waals surface area contributed by atoms with Crippen molar-refractivity contribution in [3.63, 3.8) is 0 Å². The average molecular weight is 382 g/mol. The van der Waals surface area contributed by atoms with E-state index in [0.29, 0.717) is 23.2 Å². The van der Waals surface area contributed by atoms with Gasteiger partial charge in [-0.15, -0.1) is 0 Å². The van der Waals surface area contributed by atoms with Crippen LogP contribution >= 0.6 is 0 Å². The predicted octanol–water partition coefficient (Wildman–Crippen LogP) is 3.56. The van der Waals surface area contributed by atoms with Crippen LogP contribution in [-0.2, 0) is 9.53 Å². The fraction of sp³-hybridized carbons (Fsp3) is 0.318. The van der Waals surface area contributed by atoms with Crippen LogP contribution < -0.4 is 10.6 Å². The Bertz CT molecular complexity index is 844. The van der Waals surface area contributed by atoms with Gasteiger partial charge in [-0.1, -0.05) is 32.0 Å². The predicted molar refractivity (Wildman–Crippen MR) is 108 cm³/mol. The number of hydrogen-bond acceptors (Lipinski definition) is 4. The fourth-order valence-corrected chi connectivity index (χ4v) is 2.80. The van der Waals surface area contributed by atoms with Crippen LogP contribution in [0, 0.1) is 12.8 Å². The topological polar surface area (TPSA) is 84.5 Å².